The number of aryl methyl sites for hydroxylation is 1. The van der Waals surface area contributed by atoms with Gasteiger partial charge in [0.2, 0.25) is 0 Å². The highest BCUT2D eigenvalue weighted by Gasteiger charge is 2.30. The Balaban J connectivity index is 1.77. The number of thiocarbonyl (C=S) groups is 1. The SMILES string of the molecule is COc1cccc(CCCNC(=S)Nc2cccc(C(F)(F)F)c2)c1. The summed E-state index contributed by atoms with van der Waals surface area (Å²) in [5, 5.41) is 6.06. The summed E-state index contributed by atoms with van der Waals surface area (Å²) in [6, 6.07) is 12.7. The topological polar surface area (TPSA) is 33.3 Å². The number of nitrogens with one attached hydrogen (secondary N) is 2. The molecule has 0 atom stereocenters. The van der Waals surface area contributed by atoms with Crippen molar-refractivity contribution in [1.29, 1.82) is 0 Å². The minimum Gasteiger partial charge on any atom is -0.497 e. The lowest BCUT2D eigenvalue weighted by Crippen LogP contribution is -2.29. The zero-order valence-electron chi connectivity index (χ0n) is 13.7. The van der Waals surface area contributed by atoms with Crippen LogP contribution in [0.25, 0.3) is 0 Å². The lowest BCUT2D eigenvalue weighted by atomic mass is 10.1. The molecule has 0 radical (unpaired) electrons. The van der Waals surface area contributed by atoms with Gasteiger partial charge in [0.05, 0.1) is 12.7 Å². The van der Waals surface area contributed by atoms with Gasteiger partial charge in [-0.3, -0.25) is 0 Å². The minimum atomic E-state index is -4.37. The third-order valence-corrected chi connectivity index (χ3v) is 3.76. The maximum atomic E-state index is 12.7. The Labute approximate surface area is 150 Å². The fraction of sp³-hybridized carbons (Fsp3) is 0.278. The van der Waals surface area contributed by atoms with Crippen LogP contribution in [0.4, 0.5) is 18.9 Å². The predicted octanol–water partition coefficient (Wildman–Crippen LogP) is 4.63. The second kappa shape index (κ2) is 8.71. The van der Waals surface area contributed by atoms with E-state index in [-0.39, 0.29) is 0 Å². The molecule has 0 aliphatic carbocycles. The summed E-state index contributed by atoms with van der Waals surface area (Å²) in [6.45, 7) is 0.613. The monoisotopic (exact) mass is 368 g/mol. The first-order valence-corrected chi connectivity index (χ1v) is 8.14. The van der Waals surface area contributed by atoms with Crippen LogP contribution in [0, 0.1) is 0 Å². The van der Waals surface area contributed by atoms with Crippen molar-refractivity contribution in [3.63, 3.8) is 0 Å². The molecular weight excluding hydrogens is 349 g/mol. The first-order valence-electron chi connectivity index (χ1n) is 7.73. The van der Waals surface area contributed by atoms with Crippen molar-refractivity contribution in [2.24, 2.45) is 0 Å². The number of anilines is 1. The molecule has 0 bridgehead atoms. The average Bonchev–Trinajstić information content (AvgIpc) is 2.58. The van der Waals surface area contributed by atoms with Crippen LogP contribution in [0.1, 0.15) is 17.5 Å². The molecule has 0 fully saturated rings. The summed E-state index contributed by atoms with van der Waals surface area (Å²) < 4.78 is 43.2. The summed E-state index contributed by atoms with van der Waals surface area (Å²) in [7, 11) is 1.62. The van der Waals surface area contributed by atoms with Crippen LogP contribution < -0.4 is 15.4 Å². The molecule has 134 valence electrons. The number of halogens is 3. The number of alkyl halides is 3. The smallest absolute Gasteiger partial charge is 0.416 e. The average molecular weight is 368 g/mol. The van der Waals surface area contributed by atoms with Crippen LogP contribution in [-0.2, 0) is 12.6 Å². The Kier molecular flexibility index (Phi) is 6.64. The molecule has 0 amide bonds. The van der Waals surface area contributed by atoms with E-state index in [1.54, 1.807) is 13.2 Å². The van der Waals surface area contributed by atoms with Gasteiger partial charge in [-0.05, 0) is 61.0 Å². The normalized spacial score (nSPS) is 11.0. The van der Waals surface area contributed by atoms with Crippen LogP contribution in [0.2, 0.25) is 0 Å². The van der Waals surface area contributed by atoms with E-state index in [4.69, 9.17) is 17.0 Å². The highest BCUT2D eigenvalue weighted by molar-refractivity contribution is 7.80. The molecule has 7 heteroatoms. The molecule has 0 aliphatic rings. The largest absolute Gasteiger partial charge is 0.497 e. The summed E-state index contributed by atoms with van der Waals surface area (Å²) in [5.41, 5.74) is 0.747. The number of methoxy groups -OCH3 is 1. The van der Waals surface area contributed by atoms with Gasteiger partial charge in [0, 0.05) is 12.2 Å². The van der Waals surface area contributed by atoms with E-state index >= 15 is 0 Å². The van der Waals surface area contributed by atoms with E-state index in [2.05, 4.69) is 10.6 Å². The van der Waals surface area contributed by atoms with Crippen LogP contribution in [0.15, 0.2) is 48.5 Å². The van der Waals surface area contributed by atoms with Gasteiger partial charge >= 0.3 is 6.18 Å². The van der Waals surface area contributed by atoms with E-state index in [1.807, 2.05) is 24.3 Å². The van der Waals surface area contributed by atoms with E-state index in [1.165, 1.54) is 6.07 Å². The lowest BCUT2D eigenvalue weighted by molar-refractivity contribution is -0.137. The van der Waals surface area contributed by atoms with Crippen LogP contribution in [0.5, 0.6) is 5.75 Å². The van der Waals surface area contributed by atoms with E-state index < -0.39 is 11.7 Å². The highest BCUT2D eigenvalue weighted by Crippen LogP contribution is 2.30. The van der Waals surface area contributed by atoms with Crippen molar-refractivity contribution in [3.8, 4) is 5.75 Å². The molecule has 2 aromatic rings. The van der Waals surface area contributed by atoms with E-state index in [9.17, 15) is 13.2 Å². The van der Waals surface area contributed by atoms with Crippen LogP contribution in [-0.4, -0.2) is 18.8 Å². The first-order chi connectivity index (χ1) is 11.9. The van der Waals surface area contributed by atoms with Gasteiger partial charge in [0.15, 0.2) is 5.11 Å². The Bertz CT molecular complexity index is 719. The van der Waals surface area contributed by atoms with Crippen molar-refractivity contribution < 1.29 is 17.9 Å². The summed E-state index contributed by atoms with van der Waals surface area (Å²) in [6.07, 6.45) is -2.70. The molecule has 0 saturated heterocycles. The molecular formula is C18H19F3N2OS. The third-order valence-electron chi connectivity index (χ3n) is 3.51. The quantitative estimate of drug-likeness (QED) is 0.575. The molecule has 3 nitrogen and oxygen atoms in total. The van der Waals surface area contributed by atoms with Gasteiger partial charge in [-0.2, -0.15) is 13.2 Å². The Morgan fingerprint density at radius 2 is 1.88 bits per heavy atom. The zero-order valence-corrected chi connectivity index (χ0v) is 14.5. The van der Waals surface area contributed by atoms with Gasteiger partial charge in [0.1, 0.15) is 5.75 Å². The molecule has 2 aromatic carbocycles. The summed E-state index contributed by atoms with van der Waals surface area (Å²) in [5.74, 6) is 0.812. The van der Waals surface area contributed by atoms with Gasteiger partial charge in [-0.25, -0.2) is 0 Å². The highest BCUT2D eigenvalue weighted by atomic mass is 32.1. The molecule has 0 saturated carbocycles. The minimum absolute atomic E-state index is 0.296. The maximum Gasteiger partial charge on any atom is 0.416 e. The Hall–Kier alpha value is -2.28. The predicted molar refractivity (Wildman–Crippen MR) is 97.0 cm³/mol. The van der Waals surface area contributed by atoms with Crippen molar-refractivity contribution in [2.75, 3.05) is 19.0 Å². The molecule has 2 rings (SSSR count). The van der Waals surface area contributed by atoms with Crippen molar-refractivity contribution in [2.45, 2.75) is 19.0 Å². The van der Waals surface area contributed by atoms with Crippen molar-refractivity contribution in [3.05, 3.63) is 59.7 Å². The Morgan fingerprint density at radius 3 is 2.60 bits per heavy atom. The molecule has 0 unspecified atom stereocenters. The number of hydrogen-bond donors (Lipinski definition) is 2. The maximum absolute atomic E-state index is 12.7. The lowest BCUT2D eigenvalue weighted by Gasteiger charge is -2.12. The zero-order chi connectivity index (χ0) is 18.3. The van der Waals surface area contributed by atoms with Gasteiger partial charge in [-0.15, -0.1) is 0 Å². The summed E-state index contributed by atoms with van der Waals surface area (Å²) >= 11 is 5.12. The number of hydrogen-bond acceptors (Lipinski definition) is 2. The standard InChI is InChI=1S/C18H19F3N2OS/c1-24-16-9-2-5-13(11-16)6-4-10-22-17(25)23-15-8-3-7-14(12-15)18(19,20)21/h2-3,5,7-9,11-12H,4,6,10H2,1H3,(H2,22,23,25). The van der Waals surface area contributed by atoms with Crippen LogP contribution >= 0.6 is 12.2 Å². The molecule has 0 aliphatic heterocycles. The number of benzene rings is 2. The summed E-state index contributed by atoms with van der Waals surface area (Å²) in [4.78, 5) is 0. The van der Waals surface area contributed by atoms with Crippen molar-refractivity contribution >= 4 is 23.0 Å². The molecule has 0 spiro atoms. The second-order valence-corrected chi connectivity index (χ2v) is 5.82. The van der Waals surface area contributed by atoms with E-state index in [0.717, 1.165) is 36.3 Å². The fourth-order valence-corrected chi connectivity index (χ4v) is 2.49. The van der Waals surface area contributed by atoms with E-state index in [0.29, 0.717) is 17.3 Å². The van der Waals surface area contributed by atoms with Crippen LogP contribution in [0.3, 0.4) is 0 Å². The number of ether oxygens (including phenoxy) is 1. The van der Waals surface area contributed by atoms with Crippen molar-refractivity contribution in [1.82, 2.24) is 5.32 Å². The molecule has 0 aromatic heterocycles. The first kappa shape index (κ1) is 19.1. The van der Waals surface area contributed by atoms with Gasteiger partial charge in [-0.1, -0.05) is 18.2 Å². The Morgan fingerprint density at radius 1 is 1.12 bits per heavy atom. The second-order valence-electron chi connectivity index (χ2n) is 5.41. The molecule has 0 heterocycles. The van der Waals surface area contributed by atoms with Gasteiger partial charge in [0.25, 0.3) is 0 Å². The molecule has 2 N–H and O–H groups in total. The fourth-order valence-electron chi connectivity index (χ4n) is 2.27. The number of rotatable bonds is 6. The van der Waals surface area contributed by atoms with Gasteiger partial charge < -0.3 is 15.4 Å². The third kappa shape index (κ3) is 6.26. The molecule has 25 heavy (non-hydrogen) atoms.